The Balaban J connectivity index is 2.12. The summed E-state index contributed by atoms with van der Waals surface area (Å²) in [6.45, 7) is 2.07. The van der Waals surface area contributed by atoms with Crippen LogP contribution in [0.4, 0.5) is 0 Å². The number of carbonyl (C=O) groups is 1. The SMILES string of the molecule is CCSc1cc(C(=O)NC(CCO)c2ccccc2)ccn1. The highest BCUT2D eigenvalue weighted by Crippen LogP contribution is 2.19. The lowest BCUT2D eigenvalue weighted by atomic mass is 10.0. The van der Waals surface area contributed by atoms with E-state index in [1.54, 1.807) is 30.1 Å². The first-order valence-corrected chi connectivity index (χ1v) is 8.28. The van der Waals surface area contributed by atoms with Crippen LogP contribution < -0.4 is 5.32 Å². The number of rotatable bonds is 7. The Morgan fingerprint density at radius 2 is 2.09 bits per heavy atom. The summed E-state index contributed by atoms with van der Waals surface area (Å²) in [4.78, 5) is 16.7. The molecule has 1 heterocycles. The Kier molecular flexibility index (Phi) is 6.43. The fourth-order valence-electron chi connectivity index (χ4n) is 2.16. The molecule has 2 rings (SSSR count). The summed E-state index contributed by atoms with van der Waals surface area (Å²) in [6, 6.07) is 13.0. The van der Waals surface area contributed by atoms with Crippen molar-refractivity contribution in [2.24, 2.45) is 0 Å². The van der Waals surface area contributed by atoms with Gasteiger partial charge in [-0.1, -0.05) is 37.3 Å². The van der Waals surface area contributed by atoms with Crippen LogP contribution >= 0.6 is 11.8 Å². The van der Waals surface area contributed by atoms with Gasteiger partial charge in [0.2, 0.25) is 0 Å². The van der Waals surface area contributed by atoms with Gasteiger partial charge < -0.3 is 10.4 Å². The van der Waals surface area contributed by atoms with Crippen molar-refractivity contribution in [1.29, 1.82) is 0 Å². The van der Waals surface area contributed by atoms with Gasteiger partial charge in [0.1, 0.15) is 0 Å². The Morgan fingerprint density at radius 1 is 1.32 bits per heavy atom. The zero-order valence-electron chi connectivity index (χ0n) is 12.5. The Morgan fingerprint density at radius 3 is 2.77 bits per heavy atom. The summed E-state index contributed by atoms with van der Waals surface area (Å²) >= 11 is 1.60. The molecule has 2 N–H and O–H groups in total. The smallest absolute Gasteiger partial charge is 0.251 e. The molecule has 0 radical (unpaired) electrons. The van der Waals surface area contributed by atoms with E-state index in [0.717, 1.165) is 16.3 Å². The van der Waals surface area contributed by atoms with Crippen LogP contribution in [-0.4, -0.2) is 28.4 Å². The van der Waals surface area contributed by atoms with Crippen molar-refractivity contribution in [3.8, 4) is 0 Å². The monoisotopic (exact) mass is 316 g/mol. The molecule has 116 valence electrons. The maximum atomic E-state index is 12.4. The number of hydrogen-bond acceptors (Lipinski definition) is 4. The van der Waals surface area contributed by atoms with E-state index in [9.17, 15) is 9.90 Å². The van der Waals surface area contributed by atoms with Gasteiger partial charge in [-0.05, 0) is 29.9 Å². The summed E-state index contributed by atoms with van der Waals surface area (Å²) in [7, 11) is 0. The summed E-state index contributed by atoms with van der Waals surface area (Å²) in [6.07, 6.45) is 2.13. The minimum atomic E-state index is -0.200. The second-order valence-corrected chi connectivity index (χ2v) is 6.05. The predicted molar refractivity (Wildman–Crippen MR) is 89.0 cm³/mol. The first-order valence-electron chi connectivity index (χ1n) is 7.30. The fourth-order valence-corrected chi connectivity index (χ4v) is 2.80. The first kappa shape index (κ1) is 16.5. The van der Waals surface area contributed by atoms with Crippen LogP contribution in [-0.2, 0) is 0 Å². The predicted octanol–water partition coefficient (Wildman–Crippen LogP) is 3.05. The zero-order chi connectivity index (χ0) is 15.8. The van der Waals surface area contributed by atoms with E-state index in [1.807, 2.05) is 37.3 Å². The minimum absolute atomic E-state index is 0.0210. The molecule has 0 aliphatic heterocycles. The van der Waals surface area contributed by atoms with Gasteiger partial charge in [-0.3, -0.25) is 4.79 Å². The number of carbonyl (C=O) groups excluding carboxylic acids is 1. The van der Waals surface area contributed by atoms with Gasteiger partial charge in [0.15, 0.2) is 0 Å². The minimum Gasteiger partial charge on any atom is -0.396 e. The van der Waals surface area contributed by atoms with E-state index in [-0.39, 0.29) is 18.6 Å². The third-order valence-electron chi connectivity index (χ3n) is 3.21. The quantitative estimate of drug-likeness (QED) is 0.771. The number of aromatic nitrogens is 1. The normalized spacial score (nSPS) is 11.9. The number of pyridine rings is 1. The Bertz CT molecular complexity index is 605. The number of nitrogens with one attached hydrogen (secondary N) is 1. The number of amides is 1. The van der Waals surface area contributed by atoms with Crippen molar-refractivity contribution in [3.63, 3.8) is 0 Å². The third-order valence-corrected chi connectivity index (χ3v) is 4.02. The molecule has 0 aliphatic carbocycles. The standard InChI is InChI=1S/C17H20N2O2S/c1-2-22-16-12-14(8-10-18-16)17(21)19-15(9-11-20)13-6-4-3-5-7-13/h3-8,10,12,15,20H,2,9,11H2,1H3,(H,19,21). The van der Waals surface area contributed by atoms with E-state index in [0.29, 0.717) is 12.0 Å². The van der Waals surface area contributed by atoms with Crippen LogP contribution in [0.1, 0.15) is 35.3 Å². The summed E-state index contributed by atoms with van der Waals surface area (Å²) in [5.74, 6) is 0.762. The molecule has 0 saturated carbocycles. The maximum Gasteiger partial charge on any atom is 0.251 e. The Labute approximate surface area is 135 Å². The number of aliphatic hydroxyl groups excluding tert-OH is 1. The van der Waals surface area contributed by atoms with Crippen LogP contribution in [0.15, 0.2) is 53.7 Å². The molecule has 0 bridgehead atoms. The highest BCUT2D eigenvalue weighted by atomic mass is 32.2. The van der Waals surface area contributed by atoms with Gasteiger partial charge in [0.05, 0.1) is 11.1 Å². The molecule has 1 aromatic carbocycles. The molecule has 1 aromatic heterocycles. The molecular formula is C17H20N2O2S. The zero-order valence-corrected chi connectivity index (χ0v) is 13.3. The van der Waals surface area contributed by atoms with Crippen LogP contribution in [0.25, 0.3) is 0 Å². The molecule has 1 unspecified atom stereocenters. The summed E-state index contributed by atoms with van der Waals surface area (Å²) < 4.78 is 0. The van der Waals surface area contributed by atoms with Gasteiger partial charge in [-0.25, -0.2) is 4.98 Å². The Hall–Kier alpha value is -1.85. The molecule has 2 aromatic rings. The van der Waals surface area contributed by atoms with Crippen molar-refractivity contribution >= 4 is 17.7 Å². The third kappa shape index (κ3) is 4.58. The molecular weight excluding hydrogens is 296 g/mol. The van der Waals surface area contributed by atoms with Crippen molar-refractivity contribution in [1.82, 2.24) is 10.3 Å². The second-order valence-electron chi connectivity index (χ2n) is 4.76. The molecule has 0 saturated heterocycles. The van der Waals surface area contributed by atoms with Crippen molar-refractivity contribution in [3.05, 3.63) is 59.8 Å². The molecule has 0 fully saturated rings. The second kappa shape index (κ2) is 8.56. The van der Waals surface area contributed by atoms with Crippen LogP contribution in [0, 0.1) is 0 Å². The van der Waals surface area contributed by atoms with Crippen molar-refractivity contribution in [2.45, 2.75) is 24.4 Å². The van der Waals surface area contributed by atoms with E-state index >= 15 is 0 Å². The number of benzene rings is 1. The van der Waals surface area contributed by atoms with Crippen molar-refractivity contribution in [2.75, 3.05) is 12.4 Å². The lowest BCUT2D eigenvalue weighted by Crippen LogP contribution is -2.29. The van der Waals surface area contributed by atoms with Crippen LogP contribution in [0.5, 0.6) is 0 Å². The van der Waals surface area contributed by atoms with E-state index in [1.165, 1.54) is 0 Å². The van der Waals surface area contributed by atoms with Gasteiger partial charge in [0.25, 0.3) is 5.91 Å². The summed E-state index contributed by atoms with van der Waals surface area (Å²) in [5.41, 5.74) is 1.58. The number of hydrogen-bond donors (Lipinski definition) is 2. The largest absolute Gasteiger partial charge is 0.396 e. The maximum absolute atomic E-state index is 12.4. The summed E-state index contributed by atoms with van der Waals surface area (Å²) in [5, 5.41) is 13.1. The molecule has 22 heavy (non-hydrogen) atoms. The van der Waals surface area contributed by atoms with E-state index in [4.69, 9.17) is 0 Å². The highest BCUT2D eigenvalue weighted by molar-refractivity contribution is 7.99. The molecule has 5 heteroatoms. The topological polar surface area (TPSA) is 62.2 Å². The fraction of sp³-hybridized carbons (Fsp3) is 0.294. The molecule has 1 atom stereocenters. The van der Waals surface area contributed by atoms with Gasteiger partial charge in [-0.2, -0.15) is 0 Å². The average molecular weight is 316 g/mol. The van der Waals surface area contributed by atoms with Gasteiger partial charge in [0, 0.05) is 18.4 Å². The van der Waals surface area contributed by atoms with Crippen LogP contribution in [0.2, 0.25) is 0 Å². The number of thioether (sulfide) groups is 1. The highest BCUT2D eigenvalue weighted by Gasteiger charge is 2.15. The lowest BCUT2D eigenvalue weighted by Gasteiger charge is -2.18. The lowest BCUT2D eigenvalue weighted by molar-refractivity contribution is 0.0929. The van der Waals surface area contributed by atoms with Crippen molar-refractivity contribution < 1.29 is 9.90 Å². The van der Waals surface area contributed by atoms with Crippen LogP contribution in [0.3, 0.4) is 0 Å². The molecule has 1 amide bonds. The van der Waals surface area contributed by atoms with Gasteiger partial charge in [-0.15, -0.1) is 11.8 Å². The molecule has 0 aliphatic rings. The van der Waals surface area contributed by atoms with E-state index in [2.05, 4.69) is 10.3 Å². The average Bonchev–Trinajstić information content (AvgIpc) is 2.56. The van der Waals surface area contributed by atoms with Gasteiger partial charge >= 0.3 is 0 Å². The van der Waals surface area contributed by atoms with E-state index < -0.39 is 0 Å². The molecule has 4 nitrogen and oxygen atoms in total. The first-order chi connectivity index (χ1) is 10.7. The molecule has 0 spiro atoms. The number of nitrogens with zero attached hydrogens (tertiary/aromatic N) is 1. The number of aliphatic hydroxyl groups is 1.